The molecule has 4 heteroatoms. The molecule has 1 aromatic carbocycles. The Morgan fingerprint density at radius 1 is 1.32 bits per heavy atom. The van der Waals surface area contributed by atoms with Gasteiger partial charge in [-0.2, -0.15) is 0 Å². The van der Waals surface area contributed by atoms with Gasteiger partial charge in [-0.25, -0.2) is 4.39 Å². The molecule has 100 valence electrons. The lowest BCUT2D eigenvalue weighted by Crippen LogP contribution is -2.19. The van der Waals surface area contributed by atoms with Crippen molar-refractivity contribution in [2.75, 3.05) is 6.54 Å². The lowest BCUT2D eigenvalue weighted by atomic mass is 10.1. The number of pyridine rings is 1. The van der Waals surface area contributed by atoms with Crippen LogP contribution >= 0.6 is 0 Å². The van der Waals surface area contributed by atoms with E-state index >= 15 is 0 Å². The van der Waals surface area contributed by atoms with Crippen LogP contribution in [-0.4, -0.2) is 11.5 Å². The van der Waals surface area contributed by atoms with Gasteiger partial charge >= 0.3 is 0 Å². The molecule has 0 spiro atoms. The van der Waals surface area contributed by atoms with Crippen molar-refractivity contribution in [3.63, 3.8) is 0 Å². The average Bonchev–Trinajstić information content (AvgIpc) is 2.40. The molecule has 1 unspecified atom stereocenters. The molecule has 0 fully saturated rings. The normalized spacial score (nSPS) is 12.2. The van der Waals surface area contributed by atoms with E-state index in [9.17, 15) is 4.39 Å². The van der Waals surface area contributed by atoms with Crippen molar-refractivity contribution in [2.24, 2.45) is 0 Å². The number of nitrogens with one attached hydrogen (secondary N) is 1. The molecule has 2 rings (SSSR count). The molecule has 1 atom stereocenters. The Bertz CT molecular complexity index is 531. The fraction of sp³-hybridized carbons (Fsp3) is 0.267. The quantitative estimate of drug-likeness (QED) is 0.890. The second-order valence-electron chi connectivity index (χ2n) is 4.22. The second-order valence-corrected chi connectivity index (χ2v) is 4.22. The van der Waals surface area contributed by atoms with Crippen molar-refractivity contribution in [1.29, 1.82) is 0 Å². The molecular formula is C15H17FN2O. The third kappa shape index (κ3) is 3.29. The lowest BCUT2D eigenvalue weighted by molar-refractivity contribution is 0.446. The summed E-state index contributed by atoms with van der Waals surface area (Å²) in [6.07, 6.45) is 3.27. The van der Waals surface area contributed by atoms with E-state index in [2.05, 4.69) is 10.3 Å². The summed E-state index contributed by atoms with van der Waals surface area (Å²) in [5.74, 6) is 0.842. The van der Waals surface area contributed by atoms with E-state index in [1.54, 1.807) is 36.7 Å². The van der Waals surface area contributed by atoms with E-state index in [1.165, 1.54) is 6.07 Å². The van der Waals surface area contributed by atoms with Gasteiger partial charge in [0.05, 0.1) is 6.20 Å². The van der Waals surface area contributed by atoms with Crippen LogP contribution in [0.1, 0.15) is 25.5 Å². The first-order valence-electron chi connectivity index (χ1n) is 6.32. The van der Waals surface area contributed by atoms with Gasteiger partial charge in [-0.3, -0.25) is 4.98 Å². The molecule has 0 aliphatic rings. The summed E-state index contributed by atoms with van der Waals surface area (Å²) in [4.78, 5) is 3.98. The van der Waals surface area contributed by atoms with Crippen LogP contribution in [0.25, 0.3) is 0 Å². The van der Waals surface area contributed by atoms with Gasteiger partial charge in [-0.15, -0.1) is 0 Å². The van der Waals surface area contributed by atoms with Gasteiger partial charge in [0.1, 0.15) is 17.3 Å². The Morgan fingerprint density at radius 3 is 2.84 bits per heavy atom. The van der Waals surface area contributed by atoms with Crippen LogP contribution in [0.15, 0.2) is 42.7 Å². The third-order valence-electron chi connectivity index (χ3n) is 2.82. The number of ether oxygens (including phenoxy) is 1. The van der Waals surface area contributed by atoms with E-state index in [0.717, 1.165) is 6.54 Å². The number of halogens is 1. The van der Waals surface area contributed by atoms with E-state index in [-0.39, 0.29) is 11.9 Å². The SMILES string of the molecule is CCNC(C)c1c(F)cccc1Oc1cccnc1. The van der Waals surface area contributed by atoms with E-state index in [1.807, 2.05) is 13.8 Å². The van der Waals surface area contributed by atoms with Crippen LogP contribution < -0.4 is 10.1 Å². The Labute approximate surface area is 112 Å². The fourth-order valence-corrected chi connectivity index (χ4v) is 1.97. The van der Waals surface area contributed by atoms with Gasteiger partial charge in [0.25, 0.3) is 0 Å². The molecule has 0 amide bonds. The highest BCUT2D eigenvalue weighted by molar-refractivity contribution is 5.40. The number of nitrogens with zero attached hydrogens (tertiary/aromatic N) is 1. The van der Waals surface area contributed by atoms with Crippen molar-refractivity contribution in [3.8, 4) is 11.5 Å². The van der Waals surface area contributed by atoms with Gasteiger partial charge < -0.3 is 10.1 Å². The summed E-state index contributed by atoms with van der Waals surface area (Å²) >= 11 is 0. The van der Waals surface area contributed by atoms with Crippen molar-refractivity contribution in [2.45, 2.75) is 19.9 Å². The predicted octanol–water partition coefficient (Wildman–Crippen LogP) is 3.68. The minimum atomic E-state index is -0.269. The summed E-state index contributed by atoms with van der Waals surface area (Å²) in [6.45, 7) is 4.67. The van der Waals surface area contributed by atoms with Crippen molar-refractivity contribution in [3.05, 3.63) is 54.1 Å². The summed E-state index contributed by atoms with van der Waals surface area (Å²) < 4.78 is 19.7. The van der Waals surface area contributed by atoms with E-state index in [0.29, 0.717) is 17.1 Å². The minimum Gasteiger partial charge on any atom is -0.455 e. The van der Waals surface area contributed by atoms with Gasteiger partial charge in [0.2, 0.25) is 0 Å². The highest BCUT2D eigenvalue weighted by Gasteiger charge is 2.16. The molecular weight excluding hydrogens is 243 g/mol. The van der Waals surface area contributed by atoms with E-state index < -0.39 is 0 Å². The summed E-state index contributed by atoms with van der Waals surface area (Å²) in [6, 6.07) is 8.31. The zero-order chi connectivity index (χ0) is 13.7. The highest BCUT2D eigenvalue weighted by Crippen LogP contribution is 2.31. The predicted molar refractivity (Wildman–Crippen MR) is 72.8 cm³/mol. The Morgan fingerprint density at radius 2 is 2.16 bits per heavy atom. The van der Waals surface area contributed by atoms with Crippen molar-refractivity contribution < 1.29 is 9.13 Å². The largest absolute Gasteiger partial charge is 0.455 e. The number of aromatic nitrogens is 1. The Kier molecular flexibility index (Phi) is 4.47. The molecule has 0 saturated heterocycles. The first kappa shape index (κ1) is 13.5. The maximum Gasteiger partial charge on any atom is 0.145 e. The average molecular weight is 260 g/mol. The van der Waals surface area contributed by atoms with Crippen molar-refractivity contribution in [1.82, 2.24) is 10.3 Å². The van der Waals surface area contributed by atoms with Crippen LogP contribution in [-0.2, 0) is 0 Å². The number of rotatable bonds is 5. The molecule has 1 heterocycles. The molecule has 0 bridgehead atoms. The van der Waals surface area contributed by atoms with Gasteiger partial charge in [0.15, 0.2) is 0 Å². The van der Waals surface area contributed by atoms with Gasteiger partial charge in [-0.05, 0) is 37.7 Å². The molecule has 1 N–H and O–H groups in total. The molecule has 1 aromatic heterocycles. The highest BCUT2D eigenvalue weighted by atomic mass is 19.1. The smallest absolute Gasteiger partial charge is 0.145 e. The van der Waals surface area contributed by atoms with Crippen LogP contribution in [0, 0.1) is 5.82 Å². The summed E-state index contributed by atoms with van der Waals surface area (Å²) in [5, 5.41) is 3.19. The van der Waals surface area contributed by atoms with Gasteiger partial charge in [-0.1, -0.05) is 13.0 Å². The number of hydrogen-bond acceptors (Lipinski definition) is 3. The molecule has 3 nitrogen and oxygen atoms in total. The monoisotopic (exact) mass is 260 g/mol. The van der Waals surface area contributed by atoms with Crippen molar-refractivity contribution >= 4 is 0 Å². The van der Waals surface area contributed by atoms with Crippen LogP contribution in [0.5, 0.6) is 11.5 Å². The molecule has 0 aliphatic carbocycles. The third-order valence-corrected chi connectivity index (χ3v) is 2.82. The number of hydrogen-bond donors (Lipinski definition) is 1. The maximum atomic E-state index is 14.0. The van der Waals surface area contributed by atoms with E-state index in [4.69, 9.17) is 4.74 Å². The minimum absolute atomic E-state index is 0.113. The van der Waals surface area contributed by atoms with Crippen LogP contribution in [0.2, 0.25) is 0 Å². The standard InChI is InChI=1S/C15H17FN2O/c1-3-18-11(2)15-13(16)7-4-8-14(15)19-12-6-5-9-17-10-12/h4-11,18H,3H2,1-2H3. The lowest BCUT2D eigenvalue weighted by Gasteiger charge is -2.18. The fourth-order valence-electron chi connectivity index (χ4n) is 1.97. The first-order valence-corrected chi connectivity index (χ1v) is 6.32. The number of benzene rings is 1. The molecule has 19 heavy (non-hydrogen) atoms. The molecule has 2 aromatic rings. The zero-order valence-electron chi connectivity index (χ0n) is 11.1. The molecule has 0 aliphatic heterocycles. The second kappa shape index (κ2) is 6.29. The first-order chi connectivity index (χ1) is 9.22. The Hall–Kier alpha value is -1.94. The Balaban J connectivity index is 2.32. The summed E-state index contributed by atoms with van der Waals surface area (Å²) in [5.41, 5.74) is 0.535. The maximum absolute atomic E-state index is 14.0. The van der Waals surface area contributed by atoms with Gasteiger partial charge in [0, 0.05) is 17.8 Å². The topological polar surface area (TPSA) is 34.1 Å². The van der Waals surface area contributed by atoms with Crippen LogP contribution in [0.4, 0.5) is 4.39 Å². The molecule has 0 radical (unpaired) electrons. The zero-order valence-corrected chi connectivity index (χ0v) is 11.1. The molecule has 0 saturated carbocycles. The van der Waals surface area contributed by atoms with Crippen LogP contribution in [0.3, 0.4) is 0 Å². The summed E-state index contributed by atoms with van der Waals surface area (Å²) in [7, 11) is 0.